The van der Waals surface area contributed by atoms with Gasteiger partial charge in [-0.2, -0.15) is 0 Å². The van der Waals surface area contributed by atoms with Crippen molar-refractivity contribution in [1.29, 1.82) is 0 Å². The Kier molecular flexibility index (Phi) is 13.0. The van der Waals surface area contributed by atoms with Gasteiger partial charge in [-0.25, -0.2) is 0 Å². The van der Waals surface area contributed by atoms with Gasteiger partial charge in [-0.15, -0.1) is 6.58 Å². The highest BCUT2D eigenvalue weighted by atomic mass is 16.9. The van der Waals surface area contributed by atoms with E-state index in [-0.39, 0.29) is 6.10 Å². The highest BCUT2D eigenvalue weighted by molar-refractivity contribution is 4.79. The molecule has 4 heteroatoms. The normalized spacial score (nSPS) is 13.3. The number of ether oxygens (including phenoxy) is 4. The van der Waals surface area contributed by atoms with E-state index in [1.807, 2.05) is 13.0 Å². The Balaban J connectivity index is 3.54. The van der Waals surface area contributed by atoms with E-state index >= 15 is 0 Å². The molecule has 0 aliphatic heterocycles. The molecule has 0 radical (unpaired) electrons. The second-order valence-electron chi connectivity index (χ2n) is 5.18. The van der Waals surface area contributed by atoms with Crippen LogP contribution in [0.3, 0.4) is 0 Å². The van der Waals surface area contributed by atoms with Crippen molar-refractivity contribution in [3.63, 3.8) is 0 Å². The summed E-state index contributed by atoms with van der Waals surface area (Å²) in [7, 11) is 4.84. The third-order valence-electron chi connectivity index (χ3n) is 3.80. The Morgan fingerprint density at radius 1 is 0.905 bits per heavy atom. The minimum Gasteiger partial charge on any atom is -0.374 e. The molecule has 0 heterocycles. The molecule has 0 aliphatic rings. The lowest BCUT2D eigenvalue weighted by molar-refractivity contribution is -0.355. The van der Waals surface area contributed by atoms with Gasteiger partial charge in [0, 0.05) is 34.4 Å². The summed E-state index contributed by atoms with van der Waals surface area (Å²) in [5, 5.41) is 0. The van der Waals surface area contributed by atoms with Crippen LogP contribution in [0.1, 0.15) is 58.3 Å². The molecule has 0 aromatic heterocycles. The van der Waals surface area contributed by atoms with Gasteiger partial charge >= 0.3 is 0 Å². The van der Waals surface area contributed by atoms with Gasteiger partial charge in [-0.3, -0.25) is 0 Å². The molecular weight excluding hydrogens is 268 g/mol. The Labute approximate surface area is 130 Å². The maximum Gasteiger partial charge on any atom is 0.282 e. The molecule has 0 fully saturated rings. The Hall–Kier alpha value is -0.420. The van der Waals surface area contributed by atoms with Crippen molar-refractivity contribution in [2.45, 2.75) is 70.4 Å². The van der Waals surface area contributed by atoms with Gasteiger partial charge in [0.2, 0.25) is 0 Å². The summed E-state index contributed by atoms with van der Waals surface area (Å²) in [5.41, 5.74) is 0. The zero-order valence-corrected chi connectivity index (χ0v) is 14.4. The lowest BCUT2D eigenvalue weighted by Crippen LogP contribution is -2.35. The fourth-order valence-corrected chi connectivity index (χ4v) is 2.43. The summed E-state index contributed by atoms with van der Waals surface area (Å²) in [6, 6.07) is 0. The fraction of sp³-hybridized carbons (Fsp3) is 0.882. The van der Waals surface area contributed by atoms with E-state index in [0.29, 0.717) is 0 Å². The van der Waals surface area contributed by atoms with Crippen LogP contribution in [0.4, 0.5) is 0 Å². The monoisotopic (exact) mass is 302 g/mol. The van der Waals surface area contributed by atoms with Crippen molar-refractivity contribution >= 4 is 0 Å². The zero-order valence-electron chi connectivity index (χ0n) is 14.4. The molecular formula is C17H34O4. The summed E-state index contributed by atoms with van der Waals surface area (Å²) in [6.45, 7) is 6.59. The number of unbranched alkanes of at least 4 members (excludes halogenated alkanes) is 5. The summed E-state index contributed by atoms with van der Waals surface area (Å²) < 4.78 is 21.4. The molecule has 0 saturated heterocycles. The molecule has 0 amide bonds. The van der Waals surface area contributed by atoms with Gasteiger partial charge in [0.1, 0.15) is 0 Å². The molecule has 0 aliphatic carbocycles. The largest absolute Gasteiger partial charge is 0.374 e. The van der Waals surface area contributed by atoms with Crippen molar-refractivity contribution in [2.24, 2.45) is 0 Å². The van der Waals surface area contributed by atoms with Crippen LogP contribution in [0.2, 0.25) is 0 Å². The van der Waals surface area contributed by atoms with Gasteiger partial charge in [0.25, 0.3) is 5.97 Å². The first-order valence-corrected chi connectivity index (χ1v) is 8.07. The molecule has 0 rings (SSSR count). The minimum atomic E-state index is -0.866. The van der Waals surface area contributed by atoms with E-state index < -0.39 is 5.97 Å². The van der Waals surface area contributed by atoms with Gasteiger partial charge in [-0.05, 0) is 19.8 Å². The highest BCUT2D eigenvalue weighted by Gasteiger charge is 2.28. The highest BCUT2D eigenvalue weighted by Crippen LogP contribution is 2.21. The molecule has 0 bridgehead atoms. The SMILES string of the molecule is C=CC(CCCCCCCCC(OC)(OC)OC)OCC. The molecule has 0 N–H and O–H groups in total. The Morgan fingerprint density at radius 3 is 1.90 bits per heavy atom. The predicted octanol–water partition coefficient (Wildman–Crippen LogP) is 4.29. The topological polar surface area (TPSA) is 36.9 Å². The van der Waals surface area contributed by atoms with Crippen molar-refractivity contribution in [3.8, 4) is 0 Å². The summed E-state index contributed by atoms with van der Waals surface area (Å²) in [6.07, 6.45) is 11.1. The van der Waals surface area contributed by atoms with E-state index in [1.54, 1.807) is 21.3 Å². The van der Waals surface area contributed by atoms with E-state index in [0.717, 1.165) is 25.9 Å². The maximum atomic E-state index is 5.55. The first kappa shape index (κ1) is 20.6. The van der Waals surface area contributed by atoms with Crippen LogP contribution >= 0.6 is 0 Å². The average molecular weight is 302 g/mol. The van der Waals surface area contributed by atoms with Crippen molar-refractivity contribution in [1.82, 2.24) is 0 Å². The van der Waals surface area contributed by atoms with E-state index in [1.165, 1.54) is 32.1 Å². The predicted molar refractivity (Wildman–Crippen MR) is 86.3 cm³/mol. The number of hydrogen-bond donors (Lipinski definition) is 0. The molecule has 0 aromatic rings. The van der Waals surface area contributed by atoms with Gasteiger partial charge in [0.15, 0.2) is 0 Å². The summed E-state index contributed by atoms with van der Waals surface area (Å²) in [5.74, 6) is -0.866. The van der Waals surface area contributed by atoms with Crippen molar-refractivity contribution in [3.05, 3.63) is 12.7 Å². The zero-order chi connectivity index (χ0) is 16.0. The van der Waals surface area contributed by atoms with Gasteiger partial charge < -0.3 is 18.9 Å². The fourth-order valence-electron chi connectivity index (χ4n) is 2.43. The molecule has 4 nitrogen and oxygen atoms in total. The van der Waals surface area contributed by atoms with Gasteiger partial charge in [0.05, 0.1) is 6.10 Å². The van der Waals surface area contributed by atoms with E-state index in [9.17, 15) is 0 Å². The number of hydrogen-bond acceptors (Lipinski definition) is 4. The molecule has 1 atom stereocenters. The Morgan fingerprint density at radius 2 is 1.43 bits per heavy atom. The van der Waals surface area contributed by atoms with Crippen LogP contribution in [-0.4, -0.2) is 40.0 Å². The molecule has 0 spiro atoms. The lowest BCUT2D eigenvalue weighted by Gasteiger charge is -2.28. The average Bonchev–Trinajstić information content (AvgIpc) is 2.53. The third-order valence-corrected chi connectivity index (χ3v) is 3.80. The Bertz CT molecular complexity index is 231. The molecule has 21 heavy (non-hydrogen) atoms. The first-order valence-electron chi connectivity index (χ1n) is 8.07. The number of methoxy groups -OCH3 is 3. The molecule has 1 unspecified atom stereocenters. The van der Waals surface area contributed by atoms with Crippen LogP contribution < -0.4 is 0 Å². The number of rotatable bonds is 15. The quantitative estimate of drug-likeness (QED) is 0.257. The second-order valence-corrected chi connectivity index (χ2v) is 5.18. The molecule has 0 aromatic carbocycles. The maximum absolute atomic E-state index is 5.55. The van der Waals surface area contributed by atoms with Crippen molar-refractivity contribution in [2.75, 3.05) is 27.9 Å². The minimum absolute atomic E-state index is 0.223. The van der Waals surface area contributed by atoms with Crippen LogP contribution in [0.25, 0.3) is 0 Å². The summed E-state index contributed by atoms with van der Waals surface area (Å²) in [4.78, 5) is 0. The second kappa shape index (κ2) is 13.3. The molecule has 126 valence electrons. The third kappa shape index (κ3) is 9.25. The first-order chi connectivity index (χ1) is 10.2. The summed E-state index contributed by atoms with van der Waals surface area (Å²) >= 11 is 0. The lowest BCUT2D eigenvalue weighted by atomic mass is 10.1. The van der Waals surface area contributed by atoms with Crippen LogP contribution in [-0.2, 0) is 18.9 Å². The van der Waals surface area contributed by atoms with E-state index in [2.05, 4.69) is 6.58 Å². The van der Waals surface area contributed by atoms with Crippen LogP contribution in [0.5, 0.6) is 0 Å². The van der Waals surface area contributed by atoms with Crippen molar-refractivity contribution < 1.29 is 18.9 Å². The van der Waals surface area contributed by atoms with Crippen LogP contribution in [0, 0.1) is 0 Å². The smallest absolute Gasteiger partial charge is 0.282 e. The van der Waals surface area contributed by atoms with Gasteiger partial charge in [-0.1, -0.05) is 38.2 Å². The standard InChI is InChI=1S/C17H34O4/c1-6-16(21-7-2)14-12-10-8-9-11-13-15-17(18-3,19-4)20-5/h6,16H,1,7-15H2,2-5H3. The van der Waals surface area contributed by atoms with Crippen LogP contribution in [0.15, 0.2) is 12.7 Å². The molecule has 0 saturated carbocycles. The van der Waals surface area contributed by atoms with E-state index in [4.69, 9.17) is 18.9 Å².